The van der Waals surface area contributed by atoms with Crippen LogP contribution in [0.5, 0.6) is 0 Å². The number of nitrogens with zero attached hydrogens (tertiary/aromatic N) is 1. The normalized spacial score (nSPS) is 11.9. The zero-order valence-electron chi connectivity index (χ0n) is 5.85. The lowest BCUT2D eigenvalue weighted by Gasteiger charge is -1.87. The standard InChI is InChI=1S/C6H7NO4/c1-2-3-4-5(6(8)9)7(10)11/h2-4H,1H3,(H,8,9)/b3-2+,5-4-. The Morgan fingerprint density at radius 2 is 2.18 bits per heavy atom. The van der Waals surface area contributed by atoms with E-state index in [9.17, 15) is 14.9 Å². The molecule has 0 atom stereocenters. The van der Waals surface area contributed by atoms with Crippen LogP contribution in [0.2, 0.25) is 0 Å². The molecule has 0 heterocycles. The Hall–Kier alpha value is -1.65. The number of carbonyl (C=O) groups is 1. The highest BCUT2D eigenvalue weighted by atomic mass is 16.6. The van der Waals surface area contributed by atoms with Gasteiger partial charge in [0, 0.05) is 6.08 Å². The number of carboxylic acids is 1. The van der Waals surface area contributed by atoms with Crippen LogP contribution in [-0.2, 0) is 4.79 Å². The van der Waals surface area contributed by atoms with Gasteiger partial charge in [-0.3, -0.25) is 10.1 Å². The molecule has 0 rings (SSSR count). The van der Waals surface area contributed by atoms with Gasteiger partial charge < -0.3 is 5.11 Å². The van der Waals surface area contributed by atoms with Gasteiger partial charge in [0.25, 0.3) is 0 Å². The molecule has 0 amide bonds. The van der Waals surface area contributed by atoms with E-state index in [2.05, 4.69) is 0 Å². The first kappa shape index (κ1) is 9.35. The summed E-state index contributed by atoms with van der Waals surface area (Å²) in [6.07, 6.45) is 3.74. The second-order valence-corrected chi connectivity index (χ2v) is 1.64. The SMILES string of the molecule is C/C=C/C=C(/C(=O)O)[N+](=O)[O-]. The van der Waals surface area contributed by atoms with Gasteiger partial charge in [-0.05, 0) is 6.92 Å². The zero-order valence-corrected chi connectivity index (χ0v) is 5.85. The largest absolute Gasteiger partial charge is 0.473 e. The summed E-state index contributed by atoms with van der Waals surface area (Å²) in [4.78, 5) is 19.1. The molecule has 60 valence electrons. The van der Waals surface area contributed by atoms with Gasteiger partial charge >= 0.3 is 11.7 Å². The third kappa shape index (κ3) is 3.14. The monoisotopic (exact) mass is 157 g/mol. The van der Waals surface area contributed by atoms with Crippen LogP contribution in [-0.4, -0.2) is 16.0 Å². The highest BCUT2D eigenvalue weighted by molar-refractivity contribution is 5.84. The Kier molecular flexibility index (Phi) is 3.58. The van der Waals surface area contributed by atoms with E-state index < -0.39 is 16.6 Å². The number of carboxylic acid groups (broad SMARTS) is 1. The smallest absolute Gasteiger partial charge is 0.407 e. The van der Waals surface area contributed by atoms with Crippen molar-refractivity contribution in [2.24, 2.45) is 0 Å². The number of allylic oxidation sites excluding steroid dienone is 3. The van der Waals surface area contributed by atoms with Gasteiger partial charge in [0.15, 0.2) is 0 Å². The maximum Gasteiger partial charge on any atom is 0.407 e. The van der Waals surface area contributed by atoms with Gasteiger partial charge in [0.2, 0.25) is 0 Å². The van der Waals surface area contributed by atoms with Crippen LogP contribution in [0.1, 0.15) is 6.92 Å². The zero-order chi connectivity index (χ0) is 8.85. The van der Waals surface area contributed by atoms with Gasteiger partial charge in [-0.15, -0.1) is 0 Å². The predicted molar refractivity (Wildman–Crippen MR) is 37.5 cm³/mol. The van der Waals surface area contributed by atoms with Gasteiger partial charge in [-0.1, -0.05) is 12.2 Å². The summed E-state index contributed by atoms with van der Waals surface area (Å²) in [6, 6.07) is 0. The van der Waals surface area contributed by atoms with E-state index in [1.54, 1.807) is 6.92 Å². The third-order valence-electron chi connectivity index (χ3n) is 0.862. The van der Waals surface area contributed by atoms with Crippen LogP contribution in [0.25, 0.3) is 0 Å². The van der Waals surface area contributed by atoms with Crippen LogP contribution < -0.4 is 0 Å². The summed E-state index contributed by atoms with van der Waals surface area (Å²) in [5, 5.41) is 18.2. The predicted octanol–water partition coefficient (Wildman–Crippen LogP) is 0.808. The molecule has 0 bridgehead atoms. The summed E-state index contributed by atoms with van der Waals surface area (Å²) in [7, 11) is 0. The van der Waals surface area contributed by atoms with Crippen LogP contribution >= 0.6 is 0 Å². The van der Waals surface area contributed by atoms with Crippen molar-refractivity contribution in [1.29, 1.82) is 0 Å². The van der Waals surface area contributed by atoms with E-state index >= 15 is 0 Å². The molecule has 0 spiro atoms. The Morgan fingerprint density at radius 3 is 2.45 bits per heavy atom. The second-order valence-electron chi connectivity index (χ2n) is 1.64. The van der Waals surface area contributed by atoms with Crippen molar-refractivity contribution >= 4 is 5.97 Å². The lowest BCUT2D eigenvalue weighted by Crippen LogP contribution is -2.09. The fourth-order valence-electron chi connectivity index (χ4n) is 0.398. The van der Waals surface area contributed by atoms with Gasteiger partial charge in [0.1, 0.15) is 0 Å². The summed E-state index contributed by atoms with van der Waals surface area (Å²) in [5.74, 6) is -1.53. The van der Waals surface area contributed by atoms with Crippen LogP contribution in [0.4, 0.5) is 0 Å². The molecule has 5 heteroatoms. The highest BCUT2D eigenvalue weighted by Crippen LogP contribution is 1.95. The molecule has 0 aromatic heterocycles. The van der Waals surface area contributed by atoms with Crippen molar-refractivity contribution in [2.45, 2.75) is 6.92 Å². The minimum Gasteiger partial charge on any atom is -0.473 e. The summed E-state index contributed by atoms with van der Waals surface area (Å²) < 4.78 is 0. The van der Waals surface area contributed by atoms with Crippen LogP contribution in [0.15, 0.2) is 23.9 Å². The number of hydrogen-bond donors (Lipinski definition) is 1. The molecule has 0 unspecified atom stereocenters. The minimum atomic E-state index is -1.53. The summed E-state index contributed by atoms with van der Waals surface area (Å²) >= 11 is 0. The quantitative estimate of drug-likeness (QED) is 0.284. The Morgan fingerprint density at radius 1 is 1.64 bits per heavy atom. The number of aliphatic carboxylic acids is 1. The van der Waals surface area contributed by atoms with E-state index in [1.165, 1.54) is 12.2 Å². The van der Waals surface area contributed by atoms with Gasteiger partial charge in [-0.25, -0.2) is 4.79 Å². The number of nitro groups is 1. The summed E-state index contributed by atoms with van der Waals surface area (Å²) in [5.41, 5.74) is -0.830. The van der Waals surface area contributed by atoms with Gasteiger partial charge in [-0.2, -0.15) is 0 Å². The lowest BCUT2D eigenvalue weighted by molar-refractivity contribution is -0.420. The molecular weight excluding hydrogens is 150 g/mol. The van der Waals surface area contributed by atoms with E-state index in [-0.39, 0.29) is 0 Å². The second kappa shape index (κ2) is 4.21. The fourth-order valence-corrected chi connectivity index (χ4v) is 0.398. The van der Waals surface area contributed by atoms with Crippen molar-refractivity contribution in [3.8, 4) is 0 Å². The molecule has 0 aliphatic rings. The molecule has 5 nitrogen and oxygen atoms in total. The Labute approximate surface area is 62.8 Å². The van der Waals surface area contributed by atoms with Gasteiger partial charge in [0.05, 0.1) is 4.92 Å². The maximum absolute atomic E-state index is 10.1. The van der Waals surface area contributed by atoms with E-state index in [0.29, 0.717) is 0 Å². The van der Waals surface area contributed by atoms with Crippen molar-refractivity contribution < 1.29 is 14.8 Å². The van der Waals surface area contributed by atoms with Crippen molar-refractivity contribution in [2.75, 3.05) is 0 Å². The number of rotatable bonds is 3. The summed E-state index contributed by atoms with van der Waals surface area (Å²) in [6.45, 7) is 1.63. The highest BCUT2D eigenvalue weighted by Gasteiger charge is 2.18. The average Bonchev–Trinajstić information content (AvgIpc) is 1.87. The van der Waals surface area contributed by atoms with Crippen LogP contribution in [0, 0.1) is 10.1 Å². The van der Waals surface area contributed by atoms with E-state index in [1.807, 2.05) is 0 Å². The first-order valence-electron chi connectivity index (χ1n) is 2.80. The van der Waals surface area contributed by atoms with E-state index in [4.69, 9.17) is 5.11 Å². The molecule has 0 aromatic carbocycles. The average molecular weight is 157 g/mol. The maximum atomic E-state index is 10.1. The minimum absolute atomic E-state index is 0.830. The molecule has 0 aromatic rings. The van der Waals surface area contributed by atoms with E-state index in [0.717, 1.165) is 6.08 Å². The number of hydrogen-bond acceptors (Lipinski definition) is 3. The molecule has 0 radical (unpaired) electrons. The molecular formula is C6H7NO4. The molecule has 0 saturated carbocycles. The third-order valence-corrected chi connectivity index (χ3v) is 0.862. The molecule has 0 aliphatic carbocycles. The Balaban J connectivity index is 4.60. The molecule has 1 N–H and O–H groups in total. The lowest BCUT2D eigenvalue weighted by atomic mass is 10.4. The Bertz CT molecular complexity index is 213. The van der Waals surface area contributed by atoms with Crippen molar-refractivity contribution in [1.82, 2.24) is 0 Å². The fraction of sp³-hybridized carbons (Fsp3) is 0.167. The molecule has 0 saturated heterocycles. The first-order chi connectivity index (χ1) is 5.09. The van der Waals surface area contributed by atoms with Crippen LogP contribution in [0.3, 0.4) is 0 Å². The topological polar surface area (TPSA) is 80.4 Å². The molecule has 11 heavy (non-hydrogen) atoms. The molecule has 0 fully saturated rings. The first-order valence-corrected chi connectivity index (χ1v) is 2.80. The molecule has 0 aliphatic heterocycles. The van der Waals surface area contributed by atoms with Crippen molar-refractivity contribution in [3.63, 3.8) is 0 Å². The van der Waals surface area contributed by atoms with Crippen molar-refractivity contribution in [3.05, 3.63) is 34.0 Å².